The number of carbonyl (C=O) groups is 1. The SMILES string of the molecule is CCC(C)(C)C(C)(C)C(CC(C)(C)C)C(N)=O. The molecule has 0 saturated carbocycles. The molecule has 2 heteroatoms. The topological polar surface area (TPSA) is 43.1 Å². The normalized spacial score (nSPS) is 15.8. The lowest BCUT2D eigenvalue weighted by Gasteiger charge is -2.47. The van der Waals surface area contributed by atoms with E-state index < -0.39 is 0 Å². The Labute approximate surface area is 107 Å². The van der Waals surface area contributed by atoms with Gasteiger partial charge in [-0.1, -0.05) is 61.8 Å². The fourth-order valence-corrected chi connectivity index (χ4v) is 2.25. The molecule has 0 aromatic rings. The van der Waals surface area contributed by atoms with Gasteiger partial charge in [0.25, 0.3) is 0 Å². The van der Waals surface area contributed by atoms with Crippen LogP contribution in [0.3, 0.4) is 0 Å². The Morgan fingerprint density at radius 1 is 1.06 bits per heavy atom. The third-order valence-corrected chi connectivity index (χ3v) is 4.66. The first-order valence-electron chi connectivity index (χ1n) is 6.64. The monoisotopic (exact) mass is 241 g/mol. The number of nitrogens with two attached hydrogens (primary N) is 1. The predicted octanol–water partition coefficient (Wildman–Crippen LogP) is 3.99. The second kappa shape index (κ2) is 4.99. The molecule has 0 aliphatic carbocycles. The van der Waals surface area contributed by atoms with E-state index in [1.54, 1.807) is 0 Å². The number of rotatable bonds is 5. The zero-order valence-corrected chi connectivity index (χ0v) is 13.0. The quantitative estimate of drug-likeness (QED) is 0.777. The Balaban J connectivity index is 5.26. The van der Waals surface area contributed by atoms with E-state index in [0.29, 0.717) is 0 Å². The van der Waals surface area contributed by atoms with Crippen molar-refractivity contribution in [2.24, 2.45) is 27.9 Å². The van der Waals surface area contributed by atoms with E-state index in [9.17, 15) is 4.79 Å². The maximum Gasteiger partial charge on any atom is 0.221 e. The van der Waals surface area contributed by atoms with Gasteiger partial charge in [0.15, 0.2) is 0 Å². The van der Waals surface area contributed by atoms with E-state index in [0.717, 1.165) is 12.8 Å². The van der Waals surface area contributed by atoms with Crippen molar-refractivity contribution in [3.63, 3.8) is 0 Å². The van der Waals surface area contributed by atoms with E-state index in [2.05, 4.69) is 55.4 Å². The van der Waals surface area contributed by atoms with Gasteiger partial charge < -0.3 is 5.73 Å². The summed E-state index contributed by atoms with van der Waals surface area (Å²) in [4.78, 5) is 11.8. The highest BCUT2D eigenvalue weighted by Crippen LogP contribution is 2.49. The molecule has 1 amide bonds. The van der Waals surface area contributed by atoms with Crippen LogP contribution in [0.5, 0.6) is 0 Å². The summed E-state index contributed by atoms with van der Waals surface area (Å²) >= 11 is 0. The lowest BCUT2D eigenvalue weighted by molar-refractivity contribution is -0.131. The smallest absolute Gasteiger partial charge is 0.221 e. The molecule has 1 unspecified atom stereocenters. The Kier molecular flexibility index (Phi) is 4.84. The molecule has 0 heterocycles. The Bertz CT molecular complexity index is 271. The van der Waals surface area contributed by atoms with E-state index in [1.807, 2.05) is 0 Å². The number of carbonyl (C=O) groups excluding carboxylic acids is 1. The van der Waals surface area contributed by atoms with Gasteiger partial charge in [-0.25, -0.2) is 0 Å². The minimum Gasteiger partial charge on any atom is -0.369 e. The predicted molar refractivity (Wildman–Crippen MR) is 74.6 cm³/mol. The van der Waals surface area contributed by atoms with Crippen LogP contribution in [0.25, 0.3) is 0 Å². The molecule has 0 aromatic heterocycles. The molecule has 2 N–H and O–H groups in total. The lowest BCUT2D eigenvalue weighted by atomic mass is 9.57. The number of amides is 1. The van der Waals surface area contributed by atoms with Gasteiger partial charge in [0.05, 0.1) is 0 Å². The van der Waals surface area contributed by atoms with Crippen molar-refractivity contribution in [1.82, 2.24) is 0 Å². The van der Waals surface area contributed by atoms with Crippen molar-refractivity contribution in [2.45, 2.75) is 68.2 Å². The van der Waals surface area contributed by atoms with Crippen LogP contribution in [-0.4, -0.2) is 5.91 Å². The molecule has 0 aliphatic rings. The molecule has 102 valence electrons. The average molecular weight is 241 g/mol. The lowest BCUT2D eigenvalue weighted by Crippen LogP contribution is -2.46. The molecule has 0 radical (unpaired) electrons. The van der Waals surface area contributed by atoms with Crippen molar-refractivity contribution < 1.29 is 4.79 Å². The summed E-state index contributed by atoms with van der Waals surface area (Å²) in [5.74, 6) is -0.232. The summed E-state index contributed by atoms with van der Waals surface area (Å²) in [6, 6.07) is 0. The molecular formula is C15H31NO. The average Bonchev–Trinajstić information content (AvgIpc) is 2.11. The van der Waals surface area contributed by atoms with Crippen LogP contribution < -0.4 is 5.73 Å². The molecular weight excluding hydrogens is 210 g/mol. The fourth-order valence-electron chi connectivity index (χ4n) is 2.25. The van der Waals surface area contributed by atoms with E-state index >= 15 is 0 Å². The van der Waals surface area contributed by atoms with Crippen LogP contribution in [0, 0.1) is 22.2 Å². The molecule has 0 bridgehead atoms. The first-order valence-corrected chi connectivity index (χ1v) is 6.64. The van der Waals surface area contributed by atoms with Crippen LogP contribution in [0.15, 0.2) is 0 Å². The summed E-state index contributed by atoms with van der Waals surface area (Å²) in [5, 5.41) is 0. The van der Waals surface area contributed by atoms with Gasteiger partial charge in [0.1, 0.15) is 0 Å². The summed E-state index contributed by atoms with van der Waals surface area (Å²) < 4.78 is 0. The molecule has 0 saturated heterocycles. The number of hydrogen-bond donors (Lipinski definition) is 1. The highest BCUT2D eigenvalue weighted by Gasteiger charge is 2.45. The number of hydrogen-bond acceptors (Lipinski definition) is 1. The third kappa shape index (κ3) is 4.01. The molecule has 0 rings (SSSR count). The zero-order valence-electron chi connectivity index (χ0n) is 13.0. The minimum atomic E-state index is -0.161. The van der Waals surface area contributed by atoms with Crippen molar-refractivity contribution in [3.05, 3.63) is 0 Å². The molecule has 0 aromatic carbocycles. The van der Waals surface area contributed by atoms with Crippen LogP contribution in [-0.2, 0) is 4.79 Å². The summed E-state index contributed by atoms with van der Waals surface area (Å²) in [6.45, 7) is 17.5. The van der Waals surface area contributed by atoms with Crippen molar-refractivity contribution >= 4 is 5.91 Å². The number of primary amides is 1. The maximum atomic E-state index is 11.8. The maximum absolute atomic E-state index is 11.8. The van der Waals surface area contributed by atoms with Crippen molar-refractivity contribution in [1.29, 1.82) is 0 Å². The Morgan fingerprint density at radius 2 is 1.47 bits per heavy atom. The van der Waals surface area contributed by atoms with E-state index in [4.69, 9.17) is 5.73 Å². The standard InChI is InChI=1S/C15H31NO/c1-9-14(5,6)15(7,8)11(12(16)17)10-13(2,3)4/h11H,9-10H2,1-8H3,(H2,16,17). The van der Waals surface area contributed by atoms with Crippen molar-refractivity contribution in [2.75, 3.05) is 0 Å². The molecule has 2 nitrogen and oxygen atoms in total. The van der Waals surface area contributed by atoms with Crippen LogP contribution in [0.4, 0.5) is 0 Å². The Hall–Kier alpha value is -0.530. The first kappa shape index (κ1) is 16.5. The molecule has 17 heavy (non-hydrogen) atoms. The van der Waals surface area contributed by atoms with Gasteiger partial charge in [-0.05, 0) is 22.7 Å². The largest absolute Gasteiger partial charge is 0.369 e. The third-order valence-electron chi connectivity index (χ3n) is 4.66. The molecule has 1 atom stereocenters. The van der Waals surface area contributed by atoms with Gasteiger partial charge in [0.2, 0.25) is 5.91 Å². The van der Waals surface area contributed by atoms with Crippen molar-refractivity contribution in [3.8, 4) is 0 Å². The minimum absolute atomic E-state index is 0.0718. The second-order valence-electron chi connectivity index (χ2n) is 7.68. The van der Waals surface area contributed by atoms with E-state index in [1.165, 1.54) is 0 Å². The fraction of sp³-hybridized carbons (Fsp3) is 0.933. The van der Waals surface area contributed by atoms with Gasteiger partial charge >= 0.3 is 0 Å². The summed E-state index contributed by atoms with van der Waals surface area (Å²) in [7, 11) is 0. The van der Waals surface area contributed by atoms with Crippen LogP contribution in [0.1, 0.15) is 68.2 Å². The zero-order chi connectivity index (χ0) is 14.1. The van der Waals surface area contributed by atoms with Crippen LogP contribution in [0.2, 0.25) is 0 Å². The van der Waals surface area contributed by atoms with Gasteiger partial charge in [-0.15, -0.1) is 0 Å². The van der Waals surface area contributed by atoms with Gasteiger partial charge in [-0.2, -0.15) is 0 Å². The van der Waals surface area contributed by atoms with Crippen LogP contribution >= 0.6 is 0 Å². The summed E-state index contributed by atoms with van der Waals surface area (Å²) in [5.41, 5.74) is 5.79. The molecule has 0 spiro atoms. The highest BCUT2D eigenvalue weighted by atomic mass is 16.1. The first-order chi connectivity index (χ1) is 7.35. The van der Waals surface area contributed by atoms with E-state index in [-0.39, 0.29) is 28.1 Å². The van der Waals surface area contributed by atoms with Gasteiger partial charge in [-0.3, -0.25) is 4.79 Å². The second-order valence-corrected chi connectivity index (χ2v) is 7.68. The van der Waals surface area contributed by atoms with Gasteiger partial charge in [0, 0.05) is 5.92 Å². The molecule has 0 aliphatic heterocycles. The highest BCUT2D eigenvalue weighted by molar-refractivity contribution is 5.77. The Morgan fingerprint density at radius 3 is 1.71 bits per heavy atom. The molecule has 0 fully saturated rings. The summed E-state index contributed by atoms with van der Waals surface area (Å²) in [6.07, 6.45) is 1.90.